The van der Waals surface area contributed by atoms with Crippen LogP contribution in [0.15, 0.2) is 48.5 Å². The standard InChI is InChI=1S/C22H23NO4/c1-14-10-11-15(21(24)25)12-23(14)22(26)27-13-20-18-8-4-2-6-16(18)17-7-3-5-9-19(17)20/h2-9,14-15,20H,10-13H2,1H3,(H,24,25)/t14-,15+/m1/s1. The van der Waals surface area contributed by atoms with Crippen molar-refractivity contribution in [3.63, 3.8) is 0 Å². The number of piperidine rings is 1. The van der Waals surface area contributed by atoms with Gasteiger partial charge in [-0.25, -0.2) is 4.79 Å². The van der Waals surface area contributed by atoms with Crippen molar-refractivity contribution in [2.24, 2.45) is 5.92 Å². The zero-order valence-electron chi connectivity index (χ0n) is 15.3. The fraction of sp³-hybridized carbons (Fsp3) is 0.364. The second-order valence-electron chi connectivity index (χ2n) is 7.42. The number of carbonyl (C=O) groups excluding carboxylic acids is 1. The van der Waals surface area contributed by atoms with E-state index in [9.17, 15) is 14.7 Å². The molecule has 1 fully saturated rings. The summed E-state index contributed by atoms with van der Waals surface area (Å²) in [5, 5.41) is 9.27. The van der Waals surface area contributed by atoms with Crippen LogP contribution in [0.5, 0.6) is 0 Å². The molecule has 1 heterocycles. The fourth-order valence-corrected chi connectivity index (χ4v) is 4.24. The molecule has 2 aromatic rings. The number of carbonyl (C=O) groups is 2. The Morgan fingerprint density at radius 1 is 1.04 bits per heavy atom. The minimum absolute atomic E-state index is 0.00347. The van der Waals surface area contributed by atoms with Gasteiger partial charge < -0.3 is 14.7 Å². The highest BCUT2D eigenvalue weighted by Gasteiger charge is 2.35. The molecule has 2 atom stereocenters. The van der Waals surface area contributed by atoms with E-state index in [0.717, 1.165) is 0 Å². The van der Waals surface area contributed by atoms with Crippen molar-refractivity contribution in [2.45, 2.75) is 31.7 Å². The van der Waals surface area contributed by atoms with Gasteiger partial charge in [-0.2, -0.15) is 0 Å². The molecule has 1 saturated heterocycles. The van der Waals surface area contributed by atoms with Gasteiger partial charge in [0.2, 0.25) is 0 Å². The first-order chi connectivity index (χ1) is 13.1. The number of nitrogens with zero attached hydrogens (tertiary/aromatic N) is 1. The lowest BCUT2D eigenvalue weighted by atomic mass is 9.94. The van der Waals surface area contributed by atoms with E-state index >= 15 is 0 Å². The van der Waals surface area contributed by atoms with E-state index in [4.69, 9.17) is 4.74 Å². The summed E-state index contributed by atoms with van der Waals surface area (Å²) in [6, 6.07) is 16.4. The fourth-order valence-electron chi connectivity index (χ4n) is 4.24. The average Bonchev–Trinajstić information content (AvgIpc) is 3.00. The van der Waals surface area contributed by atoms with Gasteiger partial charge >= 0.3 is 12.1 Å². The van der Waals surface area contributed by atoms with Crippen LogP contribution >= 0.6 is 0 Å². The monoisotopic (exact) mass is 365 g/mol. The van der Waals surface area contributed by atoms with Crippen LogP contribution < -0.4 is 0 Å². The molecule has 1 N–H and O–H groups in total. The zero-order valence-corrected chi connectivity index (χ0v) is 15.3. The number of carboxylic acid groups (broad SMARTS) is 1. The van der Waals surface area contributed by atoms with E-state index < -0.39 is 18.0 Å². The number of carboxylic acids is 1. The second kappa shape index (κ2) is 7.06. The van der Waals surface area contributed by atoms with Crippen LogP contribution in [0.25, 0.3) is 11.1 Å². The SMILES string of the molecule is C[C@@H]1CC[C@H](C(=O)O)CN1C(=O)OCC1c2ccccc2-c2ccccc21. The molecule has 0 unspecified atom stereocenters. The maximum absolute atomic E-state index is 12.7. The Labute approximate surface area is 158 Å². The third-order valence-corrected chi connectivity index (χ3v) is 5.80. The van der Waals surface area contributed by atoms with Crippen LogP contribution in [0.2, 0.25) is 0 Å². The van der Waals surface area contributed by atoms with E-state index in [2.05, 4.69) is 24.3 Å². The molecule has 1 aliphatic carbocycles. The van der Waals surface area contributed by atoms with Gasteiger partial charge in [0.15, 0.2) is 0 Å². The van der Waals surface area contributed by atoms with E-state index in [1.165, 1.54) is 22.3 Å². The molecule has 0 bridgehead atoms. The molecular weight excluding hydrogens is 342 g/mol. The van der Waals surface area contributed by atoms with Gasteiger partial charge in [0.1, 0.15) is 6.61 Å². The molecule has 5 nitrogen and oxygen atoms in total. The number of aliphatic carboxylic acids is 1. The normalized spacial score (nSPS) is 21.4. The highest BCUT2D eigenvalue weighted by molar-refractivity contribution is 5.79. The molecule has 1 aliphatic heterocycles. The Bertz CT molecular complexity index is 833. The minimum Gasteiger partial charge on any atom is -0.481 e. The molecule has 0 saturated carbocycles. The van der Waals surface area contributed by atoms with Gasteiger partial charge in [0.25, 0.3) is 0 Å². The Hall–Kier alpha value is -2.82. The van der Waals surface area contributed by atoms with Crippen LogP contribution in [-0.4, -0.2) is 41.3 Å². The van der Waals surface area contributed by atoms with Crippen molar-refractivity contribution >= 4 is 12.1 Å². The predicted octanol–water partition coefficient (Wildman–Crippen LogP) is 4.12. The Morgan fingerprint density at radius 3 is 2.22 bits per heavy atom. The lowest BCUT2D eigenvalue weighted by Crippen LogP contribution is -2.47. The zero-order chi connectivity index (χ0) is 19.0. The first kappa shape index (κ1) is 17.6. The summed E-state index contributed by atoms with van der Waals surface area (Å²) in [5.74, 6) is -1.35. The molecule has 2 aliphatic rings. The van der Waals surface area contributed by atoms with Crippen molar-refractivity contribution in [3.05, 3.63) is 59.7 Å². The number of hydrogen-bond acceptors (Lipinski definition) is 3. The van der Waals surface area contributed by atoms with Crippen molar-refractivity contribution in [2.75, 3.05) is 13.2 Å². The Balaban J connectivity index is 1.50. The van der Waals surface area contributed by atoms with Crippen molar-refractivity contribution in [3.8, 4) is 11.1 Å². The van der Waals surface area contributed by atoms with Gasteiger partial charge in [-0.05, 0) is 42.0 Å². The quantitative estimate of drug-likeness (QED) is 0.888. The lowest BCUT2D eigenvalue weighted by molar-refractivity contribution is -0.143. The maximum atomic E-state index is 12.7. The summed E-state index contributed by atoms with van der Waals surface area (Å²) in [6.45, 7) is 2.42. The molecule has 2 aromatic carbocycles. The molecule has 27 heavy (non-hydrogen) atoms. The molecule has 5 heteroatoms. The van der Waals surface area contributed by atoms with Gasteiger partial charge in [-0.15, -0.1) is 0 Å². The van der Waals surface area contributed by atoms with Crippen LogP contribution in [-0.2, 0) is 9.53 Å². The smallest absolute Gasteiger partial charge is 0.410 e. The lowest BCUT2D eigenvalue weighted by Gasteiger charge is -2.35. The maximum Gasteiger partial charge on any atom is 0.410 e. The molecule has 140 valence electrons. The first-order valence-corrected chi connectivity index (χ1v) is 9.40. The number of benzene rings is 2. The van der Waals surface area contributed by atoms with E-state index in [0.29, 0.717) is 12.8 Å². The summed E-state index contributed by atoms with van der Waals surface area (Å²) in [4.78, 5) is 25.5. The molecule has 1 amide bonds. The molecule has 0 spiro atoms. The van der Waals surface area contributed by atoms with Gasteiger partial charge in [-0.1, -0.05) is 48.5 Å². The van der Waals surface area contributed by atoms with Crippen LogP contribution in [0.3, 0.4) is 0 Å². The Kier molecular flexibility index (Phi) is 4.60. The largest absolute Gasteiger partial charge is 0.481 e. The number of likely N-dealkylation sites (tertiary alicyclic amines) is 1. The number of ether oxygens (including phenoxy) is 1. The summed E-state index contributed by atoms with van der Waals surface area (Å²) in [7, 11) is 0. The topological polar surface area (TPSA) is 66.8 Å². The molecule has 0 radical (unpaired) electrons. The van der Waals surface area contributed by atoms with Gasteiger partial charge in [0, 0.05) is 18.5 Å². The molecular formula is C22H23NO4. The summed E-state index contributed by atoms with van der Waals surface area (Å²) >= 11 is 0. The van der Waals surface area contributed by atoms with Crippen molar-refractivity contribution in [1.82, 2.24) is 4.90 Å². The summed E-state index contributed by atoms with van der Waals surface area (Å²) in [5.41, 5.74) is 4.71. The Morgan fingerprint density at radius 2 is 1.63 bits per heavy atom. The molecule has 0 aromatic heterocycles. The predicted molar refractivity (Wildman–Crippen MR) is 102 cm³/mol. The van der Waals surface area contributed by atoms with Crippen LogP contribution in [0.1, 0.15) is 36.8 Å². The minimum atomic E-state index is -0.849. The number of amides is 1. The third-order valence-electron chi connectivity index (χ3n) is 5.80. The number of fused-ring (bicyclic) bond motifs is 3. The molecule has 4 rings (SSSR count). The van der Waals surface area contributed by atoms with Gasteiger partial charge in [-0.3, -0.25) is 4.79 Å². The van der Waals surface area contributed by atoms with Crippen LogP contribution in [0, 0.1) is 5.92 Å². The second-order valence-corrected chi connectivity index (χ2v) is 7.42. The van der Waals surface area contributed by atoms with Crippen LogP contribution in [0.4, 0.5) is 4.79 Å². The van der Waals surface area contributed by atoms with E-state index in [1.807, 2.05) is 31.2 Å². The average molecular weight is 365 g/mol. The first-order valence-electron chi connectivity index (χ1n) is 9.40. The summed E-state index contributed by atoms with van der Waals surface area (Å²) in [6.07, 6.45) is 0.862. The van der Waals surface area contributed by atoms with Gasteiger partial charge in [0.05, 0.1) is 5.92 Å². The number of rotatable bonds is 3. The summed E-state index contributed by atoms with van der Waals surface area (Å²) < 4.78 is 5.67. The van der Waals surface area contributed by atoms with Crippen molar-refractivity contribution < 1.29 is 19.4 Å². The van der Waals surface area contributed by atoms with Crippen molar-refractivity contribution in [1.29, 1.82) is 0 Å². The van der Waals surface area contributed by atoms with E-state index in [-0.39, 0.29) is 25.1 Å². The number of hydrogen-bond donors (Lipinski definition) is 1. The third kappa shape index (κ3) is 3.18. The van der Waals surface area contributed by atoms with E-state index in [1.54, 1.807) is 4.90 Å². The highest BCUT2D eigenvalue weighted by Crippen LogP contribution is 2.44. The highest BCUT2D eigenvalue weighted by atomic mass is 16.6.